The SMILES string of the molecule is C=C(NNC(=C)C(F)F)c1ccc(CN(C(=C)CCC)c2cccc(F)c2)c(F)c1.CC. The molecule has 0 atom stereocenters. The van der Waals surface area contributed by atoms with Gasteiger partial charge in [0.05, 0.1) is 17.9 Å². The van der Waals surface area contributed by atoms with E-state index in [0.29, 0.717) is 23.2 Å². The van der Waals surface area contributed by atoms with Crippen LogP contribution in [0.2, 0.25) is 0 Å². The van der Waals surface area contributed by atoms with Crippen molar-refractivity contribution in [1.82, 2.24) is 10.9 Å². The second-order valence-corrected chi connectivity index (χ2v) is 6.74. The van der Waals surface area contributed by atoms with Crippen molar-refractivity contribution in [1.29, 1.82) is 0 Å². The summed E-state index contributed by atoms with van der Waals surface area (Å²) in [5, 5.41) is 0. The Kier molecular flexibility index (Phi) is 11.1. The molecule has 174 valence electrons. The van der Waals surface area contributed by atoms with Crippen molar-refractivity contribution in [2.75, 3.05) is 4.90 Å². The molecule has 0 aliphatic heterocycles. The molecule has 2 rings (SSSR count). The molecule has 0 aromatic heterocycles. The number of halogens is 4. The number of hydrogen-bond donors (Lipinski definition) is 2. The lowest BCUT2D eigenvalue weighted by molar-refractivity contribution is 0.179. The summed E-state index contributed by atoms with van der Waals surface area (Å²) in [6, 6.07) is 10.5. The molecule has 7 heteroatoms. The Balaban J connectivity index is 0.00000249. The molecule has 0 spiro atoms. The molecule has 0 amide bonds. The first kappa shape index (κ1) is 26.8. The summed E-state index contributed by atoms with van der Waals surface area (Å²) < 4.78 is 53.5. The summed E-state index contributed by atoms with van der Waals surface area (Å²) in [4.78, 5) is 1.77. The van der Waals surface area contributed by atoms with E-state index in [1.165, 1.54) is 18.2 Å². The predicted molar refractivity (Wildman–Crippen MR) is 125 cm³/mol. The van der Waals surface area contributed by atoms with Gasteiger partial charge < -0.3 is 10.3 Å². The third kappa shape index (κ3) is 7.80. The van der Waals surface area contributed by atoms with Gasteiger partial charge in [0.15, 0.2) is 0 Å². The van der Waals surface area contributed by atoms with Crippen LogP contribution in [0.15, 0.2) is 73.6 Å². The predicted octanol–water partition coefficient (Wildman–Crippen LogP) is 7.16. The number of benzene rings is 2. The van der Waals surface area contributed by atoms with Crippen molar-refractivity contribution >= 4 is 11.4 Å². The van der Waals surface area contributed by atoms with Gasteiger partial charge in [-0.3, -0.25) is 5.43 Å². The van der Waals surface area contributed by atoms with Crippen molar-refractivity contribution in [3.8, 4) is 0 Å². The van der Waals surface area contributed by atoms with Gasteiger partial charge in [0.2, 0.25) is 0 Å². The number of allylic oxidation sites excluding steroid dienone is 2. The van der Waals surface area contributed by atoms with Crippen LogP contribution >= 0.6 is 0 Å². The molecule has 3 nitrogen and oxygen atoms in total. The average Bonchev–Trinajstić information content (AvgIpc) is 2.77. The first-order valence-electron chi connectivity index (χ1n) is 10.4. The number of hydrogen-bond acceptors (Lipinski definition) is 3. The lowest BCUT2D eigenvalue weighted by Gasteiger charge is -2.27. The molecule has 2 aromatic rings. The van der Waals surface area contributed by atoms with Gasteiger partial charge >= 0.3 is 0 Å². The standard InChI is InChI=1S/C23H25F4N3.C2H6/c1-5-7-15(2)30(21-9-6-8-20(24)13-21)14-19-11-10-18(12-22(19)25)16(3)28-29-17(4)23(26)27;1-2/h6,8-13,23,28-29H,2-5,7,14H2,1H3;1-2H3. The van der Waals surface area contributed by atoms with E-state index >= 15 is 0 Å². The molecule has 0 aliphatic carbocycles. The largest absolute Gasteiger partial charge is 0.341 e. The third-order valence-corrected chi connectivity index (χ3v) is 4.41. The van der Waals surface area contributed by atoms with E-state index in [1.54, 1.807) is 29.2 Å². The van der Waals surface area contributed by atoms with Gasteiger partial charge in [-0.25, -0.2) is 17.6 Å². The molecule has 2 N–H and O–H groups in total. The fourth-order valence-electron chi connectivity index (χ4n) is 2.77. The summed E-state index contributed by atoms with van der Waals surface area (Å²) in [5.74, 6) is -0.897. The highest BCUT2D eigenvalue weighted by Crippen LogP contribution is 2.26. The summed E-state index contributed by atoms with van der Waals surface area (Å²) in [5.41, 5.74) is 6.48. The number of alkyl halides is 2. The molecule has 0 fully saturated rings. The van der Waals surface area contributed by atoms with Crippen LogP contribution in [0.4, 0.5) is 23.2 Å². The van der Waals surface area contributed by atoms with Gasteiger partial charge in [-0.05, 0) is 30.7 Å². The van der Waals surface area contributed by atoms with Crippen molar-refractivity contribution < 1.29 is 17.6 Å². The van der Waals surface area contributed by atoms with Crippen molar-refractivity contribution in [2.45, 2.75) is 46.6 Å². The first-order valence-corrected chi connectivity index (χ1v) is 10.4. The molecule has 0 heterocycles. The average molecular weight is 450 g/mol. The van der Waals surface area contributed by atoms with E-state index in [4.69, 9.17) is 0 Å². The zero-order valence-electron chi connectivity index (χ0n) is 18.8. The molecular weight excluding hydrogens is 418 g/mol. The summed E-state index contributed by atoms with van der Waals surface area (Å²) >= 11 is 0. The highest BCUT2D eigenvalue weighted by atomic mass is 19.3. The fourth-order valence-corrected chi connectivity index (χ4v) is 2.77. The first-order chi connectivity index (χ1) is 15.2. The Hall–Kier alpha value is -3.22. The van der Waals surface area contributed by atoms with Crippen LogP contribution in [0.3, 0.4) is 0 Å². The number of nitrogens with zero attached hydrogens (tertiary/aromatic N) is 1. The Bertz CT molecular complexity index is 925. The summed E-state index contributed by atoms with van der Waals surface area (Å²) in [7, 11) is 0. The van der Waals surface area contributed by atoms with E-state index in [-0.39, 0.29) is 12.2 Å². The normalized spacial score (nSPS) is 10.1. The quantitative estimate of drug-likeness (QED) is 0.282. The molecule has 0 aliphatic rings. The molecule has 0 saturated carbocycles. The van der Waals surface area contributed by atoms with Gasteiger partial charge in [0.1, 0.15) is 11.6 Å². The zero-order chi connectivity index (χ0) is 24.3. The highest BCUT2D eigenvalue weighted by Gasteiger charge is 2.15. The van der Waals surface area contributed by atoms with E-state index in [9.17, 15) is 17.6 Å². The van der Waals surface area contributed by atoms with E-state index < -0.39 is 23.8 Å². The Morgan fingerprint density at radius 3 is 2.25 bits per heavy atom. The van der Waals surface area contributed by atoms with E-state index in [1.807, 2.05) is 20.8 Å². The third-order valence-electron chi connectivity index (χ3n) is 4.41. The second kappa shape index (κ2) is 13.2. The molecule has 0 saturated heterocycles. The second-order valence-electron chi connectivity index (χ2n) is 6.74. The monoisotopic (exact) mass is 449 g/mol. The zero-order valence-corrected chi connectivity index (χ0v) is 18.8. The maximum absolute atomic E-state index is 14.8. The minimum Gasteiger partial charge on any atom is -0.341 e. The summed E-state index contributed by atoms with van der Waals surface area (Å²) in [6.45, 7) is 17.1. The fraction of sp³-hybridized carbons (Fsp3) is 0.280. The highest BCUT2D eigenvalue weighted by molar-refractivity contribution is 5.62. The lowest BCUT2D eigenvalue weighted by Crippen LogP contribution is -2.31. The molecule has 0 radical (unpaired) electrons. The summed E-state index contributed by atoms with van der Waals surface area (Å²) in [6.07, 6.45) is -1.22. The number of nitrogens with one attached hydrogen (secondary N) is 2. The number of anilines is 1. The topological polar surface area (TPSA) is 27.3 Å². The van der Waals surface area contributed by atoms with Crippen LogP contribution in [0, 0.1) is 11.6 Å². The Morgan fingerprint density at radius 2 is 1.69 bits per heavy atom. The van der Waals surface area contributed by atoms with Crippen molar-refractivity contribution in [3.05, 3.63) is 96.4 Å². The van der Waals surface area contributed by atoms with Crippen LogP contribution in [0.5, 0.6) is 0 Å². The van der Waals surface area contributed by atoms with Gasteiger partial charge in [-0.1, -0.05) is 65.1 Å². The molecule has 0 bridgehead atoms. The molecular formula is C25H31F4N3. The minimum absolute atomic E-state index is 0.161. The van der Waals surface area contributed by atoms with Crippen LogP contribution in [0.25, 0.3) is 5.70 Å². The van der Waals surface area contributed by atoms with Gasteiger partial charge in [0.25, 0.3) is 6.43 Å². The molecule has 2 aromatic carbocycles. The van der Waals surface area contributed by atoms with Crippen LogP contribution in [-0.2, 0) is 6.54 Å². The minimum atomic E-state index is -2.74. The van der Waals surface area contributed by atoms with Gasteiger partial charge in [-0.2, -0.15) is 0 Å². The molecule has 32 heavy (non-hydrogen) atoms. The lowest BCUT2D eigenvalue weighted by atomic mass is 10.1. The Morgan fingerprint density at radius 1 is 1.00 bits per heavy atom. The maximum Gasteiger partial charge on any atom is 0.279 e. The maximum atomic E-state index is 14.8. The van der Waals surface area contributed by atoms with Crippen molar-refractivity contribution in [3.63, 3.8) is 0 Å². The van der Waals surface area contributed by atoms with Crippen LogP contribution < -0.4 is 15.8 Å². The van der Waals surface area contributed by atoms with E-state index in [2.05, 4.69) is 30.6 Å². The van der Waals surface area contributed by atoms with E-state index in [0.717, 1.165) is 12.1 Å². The van der Waals surface area contributed by atoms with Gasteiger partial charge in [0, 0.05) is 22.5 Å². The van der Waals surface area contributed by atoms with Crippen molar-refractivity contribution in [2.24, 2.45) is 0 Å². The molecule has 0 unspecified atom stereocenters. The number of rotatable bonds is 11. The van der Waals surface area contributed by atoms with Crippen LogP contribution in [-0.4, -0.2) is 6.43 Å². The van der Waals surface area contributed by atoms with Crippen LogP contribution in [0.1, 0.15) is 44.7 Å². The Labute approximate surface area is 188 Å². The number of hydrazine groups is 1. The van der Waals surface area contributed by atoms with Gasteiger partial charge in [-0.15, -0.1) is 0 Å². The smallest absolute Gasteiger partial charge is 0.279 e.